The molecule has 0 radical (unpaired) electrons. The summed E-state index contributed by atoms with van der Waals surface area (Å²) in [4.78, 5) is 10.9. The highest BCUT2D eigenvalue weighted by Gasteiger charge is 2.21. The van der Waals surface area contributed by atoms with Gasteiger partial charge in [-0.3, -0.25) is 0 Å². The second kappa shape index (κ2) is 6.55. The van der Waals surface area contributed by atoms with Crippen LogP contribution in [0.5, 0.6) is 5.75 Å². The minimum Gasteiger partial charge on any atom is -0.495 e. The average Bonchev–Trinajstić information content (AvgIpc) is 2.44. The number of hydrogen-bond acceptors (Lipinski definition) is 7. The summed E-state index contributed by atoms with van der Waals surface area (Å²) in [5.41, 5.74) is 5.87. The van der Waals surface area contributed by atoms with Gasteiger partial charge in [0.05, 0.1) is 24.8 Å². The van der Waals surface area contributed by atoms with Crippen LogP contribution in [0, 0.1) is 0 Å². The zero-order valence-electron chi connectivity index (χ0n) is 11.0. The van der Waals surface area contributed by atoms with Crippen LogP contribution in [-0.4, -0.2) is 46.4 Å². The van der Waals surface area contributed by atoms with Gasteiger partial charge < -0.3 is 20.3 Å². The van der Waals surface area contributed by atoms with Gasteiger partial charge in [0.25, 0.3) is 0 Å². The molecule has 0 aliphatic heterocycles. The van der Waals surface area contributed by atoms with Crippen LogP contribution < -0.4 is 15.2 Å². The molecule has 4 N–H and O–H groups in total. The number of esters is 1. The lowest BCUT2D eigenvalue weighted by atomic mass is 10.3. The van der Waals surface area contributed by atoms with Gasteiger partial charge in [-0.1, -0.05) is 0 Å². The fraction of sp³-hybridized carbons (Fsp3) is 0.364. The standard InChI is InChI=1S/C11H16N2O6S/c1-18-10-5-7(3-4-8(10)12)20(16,17)13-6-9(14)11(15)19-2/h3-5,9,13-14H,6,12H2,1-2H3. The smallest absolute Gasteiger partial charge is 0.336 e. The molecule has 112 valence electrons. The van der Waals surface area contributed by atoms with Crippen LogP contribution in [0.2, 0.25) is 0 Å². The molecule has 0 saturated carbocycles. The van der Waals surface area contributed by atoms with Gasteiger partial charge in [0, 0.05) is 12.6 Å². The molecule has 1 aromatic carbocycles. The number of aliphatic hydroxyl groups is 1. The Morgan fingerprint density at radius 2 is 2.10 bits per heavy atom. The van der Waals surface area contributed by atoms with Crippen LogP contribution in [-0.2, 0) is 19.6 Å². The summed E-state index contributed by atoms with van der Waals surface area (Å²) in [6.07, 6.45) is -1.58. The lowest BCUT2D eigenvalue weighted by molar-refractivity contribution is -0.149. The Hall–Kier alpha value is -1.84. The first kappa shape index (κ1) is 16.2. The number of carbonyl (C=O) groups excluding carboxylic acids is 1. The molecule has 1 aromatic rings. The van der Waals surface area contributed by atoms with Gasteiger partial charge in [0.15, 0.2) is 6.10 Å². The van der Waals surface area contributed by atoms with Crippen LogP contribution in [0.15, 0.2) is 23.1 Å². The van der Waals surface area contributed by atoms with Crippen molar-refractivity contribution < 1.29 is 27.8 Å². The fourth-order valence-corrected chi connectivity index (χ4v) is 2.40. The lowest BCUT2D eigenvalue weighted by Crippen LogP contribution is -2.37. The third-order valence-electron chi connectivity index (χ3n) is 2.46. The number of anilines is 1. The largest absolute Gasteiger partial charge is 0.495 e. The van der Waals surface area contributed by atoms with E-state index >= 15 is 0 Å². The van der Waals surface area contributed by atoms with Gasteiger partial charge in [0.1, 0.15) is 5.75 Å². The Labute approximate surface area is 116 Å². The molecule has 9 heteroatoms. The van der Waals surface area contributed by atoms with Crippen molar-refractivity contribution in [1.29, 1.82) is 0 Å². The maximum absolute atomic E-state index is 12.0. The Balaban J connectivity index is 2.86. The first-order chi connectivity index (χ1) is 9.31. The maximum Gasteiger partial charge on any atom is 0.336 e. The van der Waals surface area contributed by atoms with E-state index in [1.807, 2.05) is 0 Å². The molecular weight excluding hydrogens is 288 g/mol. The van der Waals surface area contributed by atoms with Crippen molar-refractivity contribution in [2.24, 2.45) is 0 Å². The normalized spacial score (nSPS) is 12.8. The van der Waals surface area contributed by atoms with Crippen molar-refractivity contribution >= 4 is 21.7 Å². The molecule has 0 spiro atoms. The topological polar surface area (TPSA) is 128 Å². The molecule has 0 aromatic heterocycles. The zero-order valence-corrected chi connectivity index (χ0v) is 11.8. The number of hydrogen-bond donors (Lipinski definition) is 3. The highest BCUT2D eigenvalue weighted by Crippen LogP contribution is 2.24. The number of methoxy groups -OCH3 is 2. The summed E-state index contributed by atoms with van der Waals surface area (Å²) >= 11 is 0. The Kier molecular flexibility index (Phi) is 5.31. The van der Waals surface area contributed by atoms with Crippen LogP contribution >= 0.6 is 0 Å². The Morgan fingerprint density at radius 1 is 1.45 bits per heavy atom. The molecular formula is C11H16N2O6S. The van der Waals surface area contributed by atoms with Gasteiger partial charge in [-0.2, -0.15) is 0 Å². The molecule has 0 bridgehead atoms. The number of benzene rings is 1. The minimum absolute atomic E-state index is 0.0967. The van der Waals surface area contributed by atoms with E-state index in [-0.39, 0.29) is 10.6 Å². The summed E-state index contributed by atoms with van der Waals surface area (Å²) in [6, 6.07) is 3.90. The quantitative estimate of drug-likeness (QED) is 0.458. The van der Waals surface area contributed by atoms with Crippen LogP contribution in [0.4, 0.5) is 5.69 Å². The third-order valence-corrected chi connectivity index (χ3v) is 3.88. The SMILES string of the molecule is COC(=O)C(O)CNS(=O)(=O)c1ccc(N)c(OC)c1. The number of sulfonamides is 1. The second-order valence-electron chi connectivity index (χ2n) is 3.79. The van der Waals surface area contributed by atoms with E-state index in [9.17, 15) is 18.3 Å². The first-order valence-electron chi connectivity index (χ1n) is 5.51. The van der Waals surface area contributed by atoms with Crippen molar-refractivity contribution in [2.45, 2.75) is 11.0 Å². The van der Waals surface area contributed by atoms with Crippen molar-refractivity contribution in [1.82, 2.24) is 4.72 Å². The zero-order chi connectivity index (χ0) is 15.3. The Bertz CT molecular complexity index is 587. The molecule has 1 atom stereocenters. The number of nitrogens with one attached hydrogen (secondary N) is 1. The number of nitrogens with two attached hydrogens (primary N) is 1. The van der Waals surface area contributed by atoms with Crippen LogP contribution in [0.25, 0.3) is 0 Å². The highest BCUT2D eigenvalue weighted by molar-refractivity contribution is 7.89. The van der Waals surface area contributed by atoms with Crippen LogP contribution in [0.1, 0.15) is 0 Å². The summed E-state index contributed by atoms with van der Waals surface area (Å²) in [5.74, 6) is -0.719. The minimum atomic E-state index is -3.90. The van der Waals surface area contributed by atoms with Gasteiger partial charge in [-0.25, -0.2) is 17.9 Å². The number of carbonyl (C=O) groups is 1. The average molecular weight is 304 g/mol. The van der Waals surface area contributed by atoms with E-state index < -0.39 is 28.6 Å². The van der Waals surface area contributed by atoms with Gasteiger partial charge in [-0.15, -0.1) is 0 Å². The van der Waals surface area contributed by atoms with E-state index in [1.54, 1.807) is 0 Å². The Morgan fingerprint density at radius 3 is 2.65 bits per heavy atom. The van der Waals surface area contributed by atoms with E-state index in [2.05, 4.69) is 9.46 Å². The van der Waals surface area contributed by atoms with Gasteiger partial charge >= 0.3 is 5.97 Å². The summed E-state index contributed by atoms with van der Waals surface area (Å²) < 4.78 is 35.2. The number of rotatable bonds is 6. The summed E-state index contributed by atoms with van der Waals surface area (Å²) in [5, 5.41) is 9.33. The number of aliphatic hydroxyl groups excluding tert-OH is 1. The van der Waals surface area contributed by atoms with Crippen molar-refractivity contribution in [3.8, 4) is 5.75 Å². The predicted molar refractivity (Wildman–Crippen MR) is 70.6 cm³/mol. The molecule has 1 unspecified atom stereocenters. The second-order valence-corrected chi connectivity index (χ2v) is 5.56. The molecule has 20 heavy (non-hydrogen) atoms. The molecule has 0 heterocycles. The monoisotopic (exact) mass is 304 g/mol. The molecule has 0 aliphatic carbocycles. The van der Waals surface area contributed by atoms with Crippen molar-refractivity contribution in [3.05, 3.63) is 18.2 Å². The van der Waals surface area contributed by atoms with E-state index in [4.69, 9.17) is 10.5 Å². The first-order valence-corrected chi connectivity index (χ1v) is 6.99. The molecule has 0 amide bonds. The molecule has 0 saturated heterocycles. The summed E-state index contributed by atoms with van der Waals surface area (Å²) in [7, 11) is -1.45. The van der Waals surface area contributed by atoms with Crippen molar-refractivity contribution in [3.63, 3.8) is 0 Å². The van der Waals surface area contributed by atoms with Crippen molar-refractivity contribution in [2.75, 3.05) is 26.5 Å². The fourth-order valence-electron chi connectivity index (χ4n) is 1.35. The highest BCUT2D eigenvalue weighted by atomic mass is 32.2. The third kappa shape index (κ3) is 3.83. The van der Waals surface area contributed by atoms with Gasteiger partial charge in [0.2, 0.25) is 10.0 Å². The van der Waals surface area contributed by atoms with E-state index in [0.717, 1.165) is 7.11 Å². The number of ether oxygens (including phenoxy) is 2. The molecule has 0 fully saturated rings. The number of nitrogen functional groups attached to an aromatic ring is 1. The van der Waals surface area contributed by atoms with Gasteiger partial charge in [-0.05, 0) is 12.1 Å². The molecule has 0 aliphatic rings. The molecule has 1 rings (SSSR count). The van der Waals surface area contributed by atoms with E-state index in [0.29, 0.717) is 5.69 Å². The van der Waals surface area contributed by atoms with Crippen LogP contribution in [0.3, 0.4) is 0 Å². The maximum atomic E-state index is 12.0. The lowest BCUT2D eigenvalue weighted by Gasteiger charge is -2.11. The summed E-state index contributed by atoms with van der Waals surface area (Å²) in [6.45, 7) is -0.498. The predicted octanol–water partition coefficient (Wildman–Crippen LogP) is -0.910. The molecule has 8 nitrogen and oxygen atoms in total. The van der Waals surface area contributed by atoms with E-state index in [1.165, 1.54) is 25.3 Å².